The molecule has 1 aliphatic heterocycles. The molecule has 130 valence electrons. The zero-order valence-corrected chi connectivity index (χ0v) is 13.4. The van der Waals surface area contributed by atoms with Gasteiger partial charge in [0.1, 0.15) is 5.82 Å². The molecule has 1 aromatic heterocycles. The summed E-state index contributed by atoms with van der Waals surface area (Å²) in [4.78, 5) is 31.2. The van der Waals surface area contributed by atoms with Crippen LogP contribution in [-0.2, 0) is 11.3 Å². The van der Waals surface area contributed by atoms with Gasteiger partial charge in [0.2, 0.25) is 0 Å². The molecule has 0 spiro atoms. The van der Waals surface area contributed by atoms with Crippen molar-refractivity contribution < 1.29 is 23.1 Å². The summed E-state index contributed by atoms with van der Waals surface area (Å²) >= 11 is 0. The van der Waals surface area contributed by atoms with Gasteiger partial charge in [-0.05, 0) is 29.8 Å². The molecule has 0 aliphatic carbocycles. The van der Waals surface area contributed by atoms with Crippen LogP contribution in [0.4, 0.5) is 19.4 Å². The topological polar surface area (TPSA) is 62.7 Å². The third kappa shape index (κ3) is 3.42. The molecule has 0 radical (unpaired) electrons. The molecule has 0 unspecified atom stereocenters. The molecule has 2 aromatic rings. The number of anilines is 1. The Morgan fingerprint density at radius 3 is 2.72 bits per heavy atom. The molecule has 25 heavy (non-hydrogen) atoms. The number of carbonyl (C=O) groups is 2. The fourth-order valence-corrected chi connectivity index (χ4v) is 2.61. The number of aromatic nitrogens is 1. The van der Waals surface area contributed by atoms with Crippen molar-refractivity contribution >= 4 is 17.8 Å². The Balaban J connectivity index is 1.75. The van der Waals surface area contributed by atoms with E-state index in [1.807, 2.05) is 0 Å². The molecule has 1 saturated heterocycles. The minimum absolute atomic E-state index is 0.156. The Hall–Kier alpha value is -3.03. The zero-order chi connectivity index (χ0) is 18.0. The Morgan fingerprint density at radius 2 is 2.00 bits per heavy atom. The van der Waals surface area contributed by atoms with Gasteiger partial charge in [-0.2, -0.15) is 0 Å². The maximum Gasteiger partial charge on any atom is 0.338 e. The molecular formula is C17H15F2N3O3. The molecule has 2 heterocycles. The smallest absolute Gasteiger partial charge is 0.338 e. The van der Waals surface area contributed by atoms with Gasteiger partial charge in [-0.3, -0.25) is 4.90 Å². The van der Waals surface area contributed by atoms with Gasteiger partial charge in [0, 0.05) is 25.8 Å². The fourth-order valence-electron chi connectivity index (χ4n) is 2.61. The lowest BCUT2D eigenvalue weighted by Crippen LogP contribution is -2.32. The summed E-state index contributed by atoms with van der Waals surface area (Å²) in [6.07, 6.45) is 1.42. The van der Waals surface area contributed by atoms with E-state index in [1.165, 1.54) is 41.3 Å². The first-order valence-corrected chi connectivity index (χ1v) is 7.54. The number of halogens is 2. The lowest BCUT2D eigenvalue weighted by Gasteiger charge is -2.18. The molecule has 1 fully saturated rings. The molecule has 6 nitrogen and oxygen atoms in total. The van der Waals surface area contributed by atoms with Crippen LogP contribution in [0.2, 0.25) is 0 Å². The van der Waals surface area contributed by atoms with Gasteiger partial charge in [-0.15, -0.1) is 0 Å². The molecule has 1 aromatic carbocycles. The third-order valence-electron chi connectivity index (χ3n) is 3.90. The van der Waals surface area contributed by atoms with Crippen LogP contribution in [0.1, 0.15) is 15.9 Å². The van der Waals surface area contributed by atoms with E-state index in [4.69, 9.17) is 0 Å². The average molecular weight is 347 g/mol. The second-order valence-corrected chi connectivity index (χ2v) is 5.50. The lowest BCUT2D eigenvalue weighted by atomic mass is 10.2. The van der Waals surface area contributed by atoms with Gasteiger partial charge in [0.25, 0.3) is 0 Å². The number of hydrogen-bond donors (Lipinski definition) is 0. The van der Waals surface area contributed by atoms with E-state index in [-0.39, 0.29) is 12.6 Å². The quantitative estimate of drug-likeness (QED) is 0.798. The van der Waals surface area contributed by atoms with Crippen molar-refractivity contribution in [3.8, 4) is 0 Å². The van der Waals surface area contributed by atoms with Gasteiger partial charge in [-0.1, -0.05) is 6.07 Å². The summed E-state index contributed by atoms with van der Waals surface area (Å²) in [6.45, 7) is 0.936. The molecule has 0 atom stereocenters. The zero-order valence-electron chi connectivity index (χ0n) is 13.4. The minimum atomic E-state index is -0.951. The van der Waals surface area contributed by atoms with Crippen LogP contribution in [0, 0.1) is 11.6 Å². The van der Waals surface area contributed by atoms with Crippen LogP contribution >= 0.6 is 0 Å². The van der Waals surface area contributed by atoms with Gasteiger partial charge in [0.15, 0.2) is 11.6 Å². The Labute approximate surface area is 142 Å². The van der Waals surface area contributed by atoms with Crippen molar-refractivity contribution in [1.29, 1.82) is 0 Å². The Bertz CT molecular complexity index is 829. The number of carbonyl (C=O) groups excluding carboxylic acids is 2. The number of esters is 1. The first kappa shape index (κ1) is 16.8. The largest absolute Gasteiger partial charge is 0.465 e. The van der Waals surface area contributed by atoms with E-state index >= 15 is 0 Å². The number of benzene rings is 1. The lowest BCUT2D eigenvalue weighted by molar-refractivity contribution is 0.0600. The number of ether oxygens (including phenoxy) is 1. The predicted molar refractivity (Wildman–Crippen MR) is 85.1 cm³/mol. The standard InChI is InChI=1S/C17H15F2N3O3/c1-25-16(23)12-4-5-20-15(9-12)22-7-6-21(17(22)24)10-11-2-3-13(18)14(19)8-11/h2-5,8-9H,6-7,10H2,1H3. The van der Waals surface area contributed by atoms with Gasteiger partial charge in [-0.25, -0.2) is 23.4 Å². The van der Waals surface area contributed by atoms with E-state index in [1.54, 1.807) is 0 Å². The number of hydrogen-bond acceptors (Lipinski definition) is 4. The summed E-state index contributed by atoms with van der Waals surface area (Å²) in [6, 6.07) is 6.19. The highest BCUT2D eigenvalue weighted by molar-refractivity contribution is 5.95. The van der Waals surface area contributed by atoms with Crippen LogP contribution in [0.25, 0.3) is 0 Å². The maximum absolute atomic E-state index is 13.3. The van der Waals surface area contributed by atoms with Crippen LogP contribution in [0.3, 0.4) is 0 Å². The van der Waals surface area contributed by atoms with E-state index in [9.17, 15) is 18.4 Å². The highest BCUT2D eigenvalue weighted by Crippen LogP contribution is 2.21. The molecule has 8 heteroatoms. The normalized spacial score (nSPS) is 14.1. The highest BCUT2D eigenvalue weighted by atomic mass is 19.2. The SMILES string of the molecule is COC(=O)c1ccnc(N2CCN(Cc3ccc(F)c(F)c3)C2=O)c1. The van der Waals surface area contributed by atoms with Crippen molar-refractivity contribution in [3.63, 3.8) is 0 Å². The van der Waals surface area contributed by atoms with E-state index in [2.05, 4.69) is 9.72 Å². The molecule has 0 saturated carbocycles. The fraction of sp³-hybridized carbons (Fsp3) is 0.235. The molecule has 0 N–H and O–H groups in total. The second-order valence-electron chi connectivity index (χ2n) is 5.50. The first-order valence-electron chi connectivity index (χ1n) is 7.54. The molecular weight excluding hydrogens is 332 g/mol. The number of methoxy groups -OCH3 is 1. The van der Waals surface area contributed by atoms with Gasteiger partial charge < -0.3 is 9.64 Å². The van der Waals surface area contributed by atoms with E-state index in [0.29, 0.717) is 30.0 Å². The number of urea groups is 1. The number of amides is 2. The van der Waals surface area contributed by atoms with Crippen LogP contribution < -0.4 is 4.90 Å². The predicted octanol–water partition coefficient (Wildman–Crippen LogP) is 2.59. The first-order chi connectivity index (χ1) is 12.0. The summed E-state index contributed by atoms with van der Waals surface area (Å²) in [5.74, 6) is -2.06. The van der Waals surface area contributed by atoms with Crippen molar-refractivity contribution in [1.82, 2.24) is 9.88 Å². The molecule has 0 bridgehead atoms. The molecule has 2 amide bonds. The monoisotopic (exact) mass is 347 g/mol. The van der Waals surface area contributed by atoms with Crippen molar-refractivity contribution in [2.24, 2.45) is 0 Å². The van der Waals surface area contributed by atoms with Gasteiger partial charge >= 0.3 is 12.0 Å². The van der Waals surface area contributed by atoms with Crippen LogP contribution in [-0.4, -0.2) is 42.1 Å². The van der Waals surface area contributed by atoms with Crippen molar-refractivity contribution in [2.45, 2.75) is 6.54 Å². The van der Waals surface area contributed by atoms with E-state index in [0.717, 1.165) is 12.1 Å². The third-order valence-corrected chi connectivity index (χ3v) is 3.90. The number of rotatable bonds is 4. The summed E-state index contributed by atoms with van der Waals surface area (Å²) in [5, 5.41) is 0. The summed E-state index contributed by atoms with van der Waals surface area (Å²) < 4.78 is 31.0. The van der Waals surface area contributed by atoms with E-state index < -0.39 is 17.6 Å². The second kappa shape index (κ2) is 6.84. The highest BCUT2D eigenvalue weighted by Gasteiger charge is 2.30. The molecule has 3 rings (SSSR count). The van der Waals surface area contributed by atoms with Gasteiger partial charge in [0.05, 0.1) is 12.7 Å². The van der Waals surface area contributed by atoms with Crippen LogP contribution in [0.15, 0.2) is 36.5 Å². The van der Waals surface area contributed by atoms with Crippen molar-refractivity contribution in [2.75, 3.05) is 25.1 Å². The number of nitrogens with zero attached hydrogens (tertiary/aromatic N) is 3. The Kier molecular flexibility index (Phi) is 4.60. The Morgan fingerprint density at radius 1 is 1.20 bits per heavy atom. The average Bonchev–Trinajstić information content (AvgIpc) is 2.98. The summed E-state index contributed by atoms with van der Waals surface area (Å²) in [5.41, 5.74) is 0.782. The minimum Gasteiger partial charge on any atom is -0.465 e. The number of pyridine rings is 1. The summed E-state index contributed by atoms with van der Waals surface area (Å²) in [7, 11) is 1.27. The molecule has 1 aliphatic rings. The van der Waals surface area contributed by atoms with Crippen LogP contribution in [0.5, 0.6) is 0 Å². The maximum atomic E-state index is 13.3. The van der Waals surface area contributed by atoms with Crippen molar-refractivity contribution in [3.05, 3.63) is 59.3 Å².